The van der Waals surface area contributed by atoms with Crippen molar-refractivity contribution in [1.29, 1.82) is 0 Å². The van der Waals surface area contributed by atoms with E-state index in [1.165, 1.54) is 0 Å². The van der Waals surface area contributed by atoms with Crippen molar-refractivity contribution in [3.63, 3.8) is 0 Å². The van der Waals surface area contributed by atoms with Gasteiger partial charge in [-0.25, -0.2) is 0 Å². The lowest BCUT2D eigenvalue weighted by atomic mass is 10.1. The molecule has 0 amide bonds. The van der Waals surface area contributed by atoms with Crippen molar-refractivity contribution in [3.8, 4) is 5.75 Å². The van der Waals surface area contributed by atoms with Crippen LogP contribution >= 0.6 is 11.8 Å². The second kappa shape index (κ2) is 5.11. The Bertz CT molecular complexity index is 353. The van der Waals surface area contributed by atoms with Crippen LogP contribution in [0.3, 0.4) is 0 Å². The van der Waals surface area contributed by atoms with Crippen molar-refractivity contribution >= 4 is 11.8 Å². The molecule has 1 atom stereocenters. The zero-order valence-corrected chi connectivity index (χ0v) is 11.4. The molecule has 0 fully saturated rings. The molecule has 0 heterocycles. The first-order valence-electron chi connectivity index (χ1n) is 5.39. The first kappa shape index (κ1) is 13.4. The van der Waals surface area contributed by atoms with Gasteiger partial charge in [-0.2, -0.15) is 0 Å². The lowest BCUT2D eigenvalue weighted by molar-refractivity contribution is 0.191. The SMILES string of the molecule is COc1cccc(SC(C)(C)C)c1C(C)O. The maximum Gasteiger partial charge on any atom is 0.125 e. The molecule has 0 spiro atoms. The van der Waals surface area contributed by atoms with Crippen LogP contribution in [0.1, 0.15) is 39.4 Å². The summed E-state index contributed by atoms with van der Waals surface area (Å²) in [5.74, 6) is 0.754. The maximum atomic E-state index is 9.82. The number of rotatable bonds is 3. The van der Waals surface area contributed by atoms with Crippen LogP contribution in [0.2, 0.25) is 0 Å². The van der Waals surface area contributed by atoms with Gasteiger partial charge in [0, 0.05) is 15.2 Å². The fourth-order valence-corrected chi connectivity index (χ4v) is 2.72. The molecule has 1 aromatic carbocycles. The van der Waals surface area contributed by atoms with Gasteiger partial charge in [0.05, 0.1) is 13.2 Å². The molecule has 90 valence electrons. The summed E-state index contributed by atoms with van der Waals surface area (Å²) in [6, 6.07) is 5.87. The van der Waals surface area contributed by atoms with Gasteiger partial charge in [-0.05, 0) is 19.1 Å². The first-order chi connectivity index (χ1) is 7.35. The smallest absolute Gasteiger partial charge is 0.125 e. The second-order valence-electron chi connectivity index (χ2n) is 4.76. The fourth-order valence-electron chi connectivity index (χ4n) is 1.53. The summed E-state index contributed by atoms with van der Waals surface area (Å²) in [6.07, 6.45) is -0.513. The molecule has 1 aromatic rings. The van der Waals surface area contributed by atoms with E-state index < -0.39 is 6.10 Å². The van der Waals surface area contributed by atoms with E-state index in [-0.39, 0.29) is 4.75 Å². The Balaban J connectivity index is 3.17. The lowest BCUT2D eigenvalue weighted by Gasteiger charge is -2.22. The van der Waals surface area contributed by atoms with E-state index in [9.17, 15) is 5.11 Å². The van der Waals surface area contributed by atoms with Crippen LogP contribution in [0.15, 0.2) is 23.1 Å². The monoisotopic (exact) mass is 240 g/mol. The fraction of sp³-hybridized carbons (Fsp3) is 0.538. The average molecular weight is 240 g/mol. The van der Waals surface area contributed by atoms with Crippen molar-refractivity contribution in [2.45, 2.75) is 43.4 Å². The largest absolute Gasteiger partial charge is 0.496 e. The summed E-state index contributed by atoms with van der Waals surface area (Å²) < 4.78 is 5.41. The molecule has 0 radical (unpaired) electrons. The van der Waals surface area contributed by atoms with Crippen molar-refractivity contribution in [3.05, 3.63) is 23.8 Å². The van der Waals surface area contributed by atoms with E-state index >= 15 is 0 Å². The minimum Gasteiger partial charge on any atom is -0.496 e. The average Bonchev–Trinajstić information content (AvgIpc) is 2.14. The molecule has 1 N–H and O–H groups in total. The molecule has 0 aromatic heterocycles. The quantitative estimate of drug-likeness (QED) is 0.818. The molecule has 2 nitrogen and oxygen atoms in total. The van der Waals surface area contributed by atoms with Gasteiger partial charge in [-0.15, -0.1) is 11.8 Å². The summed E-state index contributed by atoms with van der Waals surface area (Å²) >= 11 is 1.75. The number of aliphatic hydroxyl groups excluding tert-OH is 1. The number of aliphatic hydroxyl groups is 1. The molecular formula is C13H20O2S. The predicted molar refractivity (Wildman–Crippen MR) is 69.2 cm³/mol. The van der Waals surface area contributed by atoms with Gasteiger partial charge in [0.2, 0.25) is 0 Å². The molecule has 0 saturated carbocycles. The highest BCUT2D eigenvalue weighted by Crippen LogP contribution is 2.40. The molecule has 0 aliphatic rings. The van der Waals surface area contributed by atoms with E-state index in [1.54, 1.807) is 25.8 Å². The van der Waals surface area contributed by atoms with Gasteiger partial charge < -0.3 is 9.84 Å². The van der Waals surface area contributed by atoms with E-state index in [0.717, 1.165) is 16.2 Å². The summed E-state index contributed by atoms with van der Waals surface area (Å²) in [5, 5.41) is 9.82. The van der Waals surface area contributed by atoms with E-state index in [0.29, 0.717) is 0 Å². The van der Waals surface area contributed by atoms with Gasteiger partial charge in [0.15, 0.2) is 0 Å². The van der Waals surface area contributed by atoms with Crippen molar-refractivity contribution in [2.75, 3.05) is 7.11 Å². The van der Waals surface area contributed by atoms with Crippen molar-refractivity contribution in [1.82, 2.24) is 0 Å². The van der Waals surface area contributed by atoms with Crippen LogP contribution < -0.4 is 4.74 Å². The minimum absolute atomic E-state index is 0.121. The van der Waals surface area contributed by atoms with E-state index in [2.05, 4.69) is 20.8 Å². The van der Waals surface area contributed by atoms with Crippen molar-refractivity contribution in [2.24, 2.45) is 0 Å². The molecule has 0 aliphatic heterocycles. The molecule has 0 aliphatic carbocycles. The van der Waals surface area contributed by atoms with Gasteiger partial charge in [-0.1, -0.05) is 26.8 Å². The normalized spacial score (nSPS) is 13.6. The molecule has 3 heteroatoms. The van der Waals surface area contributed by atoms with Gasteiger partial charge in [0.25, 0.3) is 0 Å². The van der Waals surface area contributed by atoms with Crippen molar-refractivity contribution < 1.29 is 9.84 Å². The third kappa shape index (κ3) is 3.42. The Morgan fingerprint density at radius 2 is 1.94 bits per heavy atom. The summed E-state index contributed by atoms with van der Waals surface area (Å²) in [7, 11) is 1.63. The number of hydrogen-bond donors (Lipinski definition) is 1. The highest BCUT2D eigenvalue weighted by atomic mass is 32.2. The Hall–Kier alpha value is -0.670. The third-order valence-corrected chi connectivity index (χ3v) is 3.27. The van der Waals surface area contributed by atoms with Crippen LogP contribution in [-0.4, -0.2) is 17.0 Å². The van der Waals surface area contributed by atoms with Crippen LogP contribution in [0.5, 0.6) is 5.75 Å². The Morgan fingerprint density at radius 1 is 1.31 bits per heavy atom. The Labute approximate surface area is 102 Å². The first-order valence-corrected chi connectivity index (χ1v) is 6.21. The zero-order chi connectivity index (χ0) is 12.3. The molecule has 1 unspecified atom stereocenters. The van der Waals surface area contributed by atoms with Gasteiger partial charge >= 0.3 is 0 Å². The van der Waals surface area contributed by atoms with Crippen LogP contribution in [0.25, 0.3) is 0 Å². The second-order valence-corrected chi connectivity index (χ2v) is 6.63. The highest BCUT2D eigenvalue weighted by Gasteiger charge is 2.19. The van der Waals surface area contributed by atoms with E-state index in [1.807, 2.05) is 18.2 Å². The third-order valence-electron chi connectivity index (χ3n) is 2.08. The van der Waals surface area contributed by atoms with Crippen LogP contribution in [-0.2, 0) is 0 Å². The summed E-state index contributed by atoms with van der Waals surface area (Å²) in [4.78, 5) is 1.09. The minimum atomic E-state index is -0.513. The summed E-state index contributed by atoms with van der Waals surface area (Å²) in [5.41, 5.74) is 0.880. The predicted octanol–water partition coefficient (Wildman–Crippen LogP) is 3.64. The highest BCUT2D eigenvalue weighted by molar-refractivity contribution is 8.00. The maximum absolute atomic E-state index is 9.82. The molecule has 0 saturated heterocycles. The Kier molecular flexibility index (Phi) is 4.28. The van der Waals surface area contributed by atoms with Gasteiger partial charge in [0.1, 0.15) is 5.75 Å². The zero-order valence-electron chi connectivity index (χ0n) is 10.6. The molecular weight excluding hydrogens is 220 g/mol. The number of methoxy groups -OCH3 is 1. The van der Waals surface area contributed by atoms with Gasteiger partial charge in [-0.3, -0.25) is 0 Å². The molecule has 1 rings (SSSR count). The lowest BCUT2D eigenvalue weighted by Crippen LogP contribution is -2.09. The number of benzene rings is 1. The standard InChI is InChI=1S/C13H20O2S/c1-9(14)12-10(15-5)7-6-8-11(12)16-13(2,3)4/h6-9,14H,1-5H3. The van der Waals surface area contributed by atoms with E-state index in [4.69, 9.17) is 4.74 Å². The molecule has 16 heavy (non-hydrogen) atoms. The number of hydrogen-bond acceptors (Lipinski definition) is 3. The Morgan fingerprint density at radius 3 is 2.38 bits per heavy atom. The number of ether oxygens (including phenoxy) is 1. The molecule has 0 bridgehead atoms. The summed E-state index contributed by atoms with van der Waals surface area (Å²) in [6.45, 7) is 8.24. The number of thioether (sulfide) groups is 1. The van der Waals surface area contributed by atoms with Crippen LogP contribution in [0.4, 0.5) is 0 Å². The van der Waals surface area contributed by atoms with Crippen LogP contribution in [0, 0.1) is 0 Å². The topological polar surface area (TPSA) is 29.5 Å².